The molecule has 0 unspecified atom stereocenters. The van der Waals surface area contributed by atoms with Gasteiger partial charge in [-0.3, -0.25) is 9.69 Å². The van der Waals surface area contributed by atoms with E-state index in [4.69, 9.17) is 16.7 Å². The lowest BCUT2D eigenvalue weighted by atomic mass is 10.0. The molecule has 0 saturated carbocycles. The predicted octanol–water partition coefficient (Wildman–Crippen LogP) is 2.58. The third-order valence-corrected chi connectivity index (χ3v) is 3.82. The number of carboxylic acid groups (broad SMARTS) is 1. The zero-order chi connectivity index (χ0) is 16.5. The number of hydrogen-bond acceptors (Lipinski definition) is 2. The van der Waals surface area contributed by atoms with E-state index in [1.54, 1.807) is 0 Å². The van der Waals surface area contributed by atoms with Crippen LogP contribution in [0.3, 0.4) is 0 Å². The SMILES string of the molecule is C[C@@]1(F)C[C@@H](C(=O)NCc2cccc(Cl)c2F)N(C(=O)O)C1. The van der Waals surface area contributed by atoms with Crippen LogP contribution in [-0.2, 0) is 11.3 Å². The zero-order valence-corrected chi connectivity index (χ0v) is 12.5. The second-order valence-corrected chi connectivity index (χ2v) is 5.88. The van der Waals surface area contributed by atoms with E-state index >= 15 is 0 Å². The van der Waals surface area contributed by atoms with Crippen LogP contribution in [0.4, 0.5) is 13.6 Å². The first-order valence-electron chi connectivity index (χ1n) is 6.60. The molecule has 1 fully saturated rings. The largest absolute Gasteiger partial charge is 0.465 e. The Morgan fingerprint density at radius 1 is 1.55 bits per heavy atom. The van der Waals surface area contributed by atoms with Crippen molar-refractivity contribution in [3.05, 3.63) is 34.6 Å². The van der Waals surface area contributed by atoms with Crippen molar-refractivity contribution in [3.63, 3.8) is 0 Å². The fourth-order valence-corrected chi connectivity index (χ4v) is 2.66. The molecule has 2 rings (SSSR count). The third kappa shape index (κ3) is 3.47. The van der Waals surface area contributed by atoms with Crippen LogP contribution < -0.4 is 5.32 Å². The van der Waals surface area contributed by atoms with Crippen molar-refractivity contribution < 1.29 is 23.5 Å². The van der Waals surface area contributed by atoms with Crippen molar-refractivity contribution in [1.82, 2.24) is 10.2 Å². The minimum Gasteiger partial charge on any atom is -0.465 e. The zero-order valence-electron chi connectivity index (χ0n) is 11.8. The average Bonchev–Trinajstić information content (AvgIpc) is 2.76. The summed E-state index contributed by atoms with van der Waals surface area (Å²) in [6.45, 7) is 0.719. The lowest BCUT2D eigenvalue weighted by Crippen LogP contribution is -2.45. The average molecular weight is 333 g/mol. The molecule has 0 radical (unpaired) electrons. The summed E-state index contributed by atoms with van der Waals surface area (Å²) in [4.78, 5) is 23.9. The molecule has 1 heterocycles. The molecule has 1 saturated heterocycles. The molecule has 120 valence electrons. The second-order valence-electron chi connectivity index (χ2n) is 5.47. The van der Waals surface area contributed by atoms with E-state index in [0.717, 1.165) is 4.90 Å². The van der Waals surface area contributed by atoms with Crippen molar-refractivity contribution in [2.45, 2.75) is 31.6 Å². The molecule has 0 bridgehead atoms. The van der Waals surface area contributed by atoms with E-state index < -0.39 is 29.5 Å². The van der Waals surface area contributed by atoms with Crippen LogP contribution in [0.2, 0.25) is 5.02 Å². The standard InChI is InChI=1S/C14H15ClF2N2O3/c1-14(17)5-10(19(7-14)13(21)22)12(20)18-6-8-3-2-4-9(15)11(8)16/h2-4,10H,5-7H2,1H3,(H,18,20)(H,21,22)/t10-,14+/m0/s1. The number of halogens is 3. The topological polar surface area (TPSA) is 69.6 Å². The van der Waals surface area contributed by atoms with Gasteiger partial charge in [0.1, 0.15) is 17.5 Å². The highest BCUT2D eigenvalue weighted by molar-refractivity contribution is 6.30. The molecule has 1 aromatic rings. The number of hydrogen-bond donors (Lipinski definition) is 2. The molecule has 0 aliphatic carbocycles. The number of carbonyl (C=O) groups excluding carboxylic acids is 1. The van der Waals surface area contributed by atoms with Gasteiger partial charge in [-0.25, -0.2) is 13.6 Å². The number of amides is 2. The molecule has 2 N–H and O–H groups in total. The van der Waals surface area contributed by atoms with Gasteiger partial charge in [-0.05, 0) is 13.0 Å². The summed E-state index contributed by atoms with van der Waals surface area (Å²) in [5.41, 5.74) is -1.59. The quantitative estimate of drug-likeness (QED) is 0.893. The Balaban J connectivity index is 2.05. The smallest absolute Gasteiger partial charge is 0.408 e. The summed E-state index contributed by atoms with van der Waals surface area (Å²) in [6.07, 6.45) is -1.60. The number of rotatable bonds is 3. The molecule has 0 spiro atoms. The third-order valence-electron chi connectivity index (χ3n) is 3.53. The van der Waals surface area contributed by atoms with E-state index in [0.29, 0.717) is 0 Å². The molecular formula is C14H15ClF2N2O3. The molecule has 1 aromatic carbocycles. The Morgan fingerprint density at radius 3 is 2.86 bits per heavy atom. The first-order valence-corrected chi connectivity index (χ1v) is 6.98. The van der Waals surface area contributed by atoms with Gasteiger partial charge in [-0.1, -0.05) is 23.7 Å². The summed E-state index contributed by atoms with van der Waals surface area (Å²) in [7, 11) is 0. The number of alkyl halides is 1. The Bertz CT molecular complexity index is 610. The Morgan fingerprint density at radius 2 is 2.23 bits per heavy atom. The van der Waals surface area contributed by atoms with E-state index in [1.807, 2.05) is 0 Å². The highest BCUT2D eigenvalue weighted by Crippen LogP contribution is 2.30. The fraction of sp³-hybridized carbons (Fsp3) is 0.429. The number of likely N-dealkylation sites (tertiary alicyclic amines) is 1. The van der Waals surface area contributed by atoms with E-state index in [1.165, 1.54) is 25.1 Å². The second kappa shape index (κ2) is 6.08. The summed E-state index contributed by atoms with van der Waals surface area (Å²) in [5.74, 6) is -1.32. The van der Waals surface area contributed by atoms with Crippen molar-refractivity contribution >= 4 is 23.6 Å². The minimum atomic E-state index is -1.76. The van der Waals surface area contributed by atoms with Crippen molar-refractivity contribution in [3.8, 4) is 0 Å². The molecular weight excluding hydrogens is 318 g/mol. The van der Waals surface area contributed by atoms with Gasteiger partial charge in [-0.15, -0.1) is 0 Å². The molecule has 5 nitrogen and oxygen atoms in total. The maximum absolute atomic E-state index is 13.9. The van der Waals surface area contributed by atoms with Crippen LogP contribution in [-0.4, -0.2) is 40.3 Å². The van der Waals surface area contributed by atoms with Crippen molar-refractivity contribution in [2.24, 2.45) is 0 Å². The lowest BCUT2D eigenvalue weighted by molar-refractivity contribution is -0.125. The van der Waals surface area contributed by atoms with Gasteiger partial charge in [0.2, 0.25) is 5.91 Å². The van der Waals surface area contributed by atoms with Crippen LogP contribution in [0, 0.1) is 5.82 Å². The molecule has 0 aromatic heterocycles. The predicted molar refractivity (Wildman–Crippen MR) is 75.9 cm³/mol. The van der Waals surface area contributed by atoms with Crippen molar-refractivity contribution in [1.29, 1.82) is 0 Å². The lowest BCUT2D eigenvalue weighted by Gasteiger charge is -2.20. The van der Waals surface area contributed by atoms with Gasteiger partial charge in [0.05, 0.1) is 11.6 Å². The summed E-state index contributed by atoms with van der Waals surface area (Å²) in [6, 6.07) is 3.23. The molecule has 1 aliphatic rings. The van der Waals surface area contributed by atoms with E-state index in [9.17, 15) is 18.4 Å². The molecule has 1 aliphatic heterocycles. The number of carbonyl (C=O) groups is 2. The van der Waals surface area contributed by atoms with Crippen molar-refractivity contribution in [2.75, 3.05) is 6.54 Å². The first-order chi connectivity index (χ1) is 10.2. The summed E-state index contributed by atoms with van der Waals surface area (Å²) < 4.78 is 27.7. The van der Waals surface area contributed by atoms with E-state index in [-0.39, 0.29) is 30.1 Å². The van der Waals surface area contributed by atoms with Gasteiger partial charge < -0.3 is 10.4 Å². The fourth-order valence-electron chi connectivity index (χ4n) is 2.46. The highest BCUT2D eigenvalue weighted by Gasteiger charge is 2.46. The monoisotopic (exact) mass is 332 g/mol. The highest BCUT2D eigenvalue weighted by atomic mass is 35.5. The normalized spacial score (nSPS) is 24.4. The van der Waals surface area contributed by atoms with Crippen LogP contribution >= 0.6 is 11.6 Å². The maximum Gasteiger partial charge on any atom is 0.408 e. The van der Waals surface area contributed by atoms with Crippen LogP contribution in [0.25, 0.3) is 0 Å². The molecule has 8 heteroatoms. The van der Waals surface area contributed by atoms with Gasteiger partial charge in [0.25, 0.3) is 0 Å². The van der Waals surface area contributed by atoms with Gasteiger partial charge in [-0.2, -0.15) is 0 Å². The van der Waals surface area contributed by atoms with Crippen LogP contribution in [0.1, 0.15) is 18.9 Å². The summed E-state index contributed by atoms with van der Waals surface area (Å²) >= 11 is 5.64. The van der Waals surface area contributed by atoms with E-state index in [2.05, 4.69) is 5.32 Å². The maximum atomic E-state index is 13.9. The summed E-state index contributed by atoms with van der Waals surface area (Å²) in [5, 5.41) is 11.4. The van der Waals surface area contributed by atoms with Crippen LogP contribution in [0.5, 0.6) is 0 Å². The first kappa shape index (κ1) is 16.5. The van der Waals surface area contributed by atoms with Crippen LogP contribution in [0.15, 0.2) is 18.2 Å². The Hall–Kier alpha value is -1.89. The number of nitrogens with one attached hydrogen (secondary N) is 1. The Kier molecular flexibility index (Phi) is 4.55. The van der Waals surface area contributed by atoms with Gasteiger partial charge >= 0.3 is 6.09 Å². The number of benzene rings is 1. The molecule has 2 amide bonds. The van der Waals surface area contributed by atoms with Gasteiger partial charge in [0.15, 0.2) is 0 Å². The van der Waals surface area contributed by atoms with Gasteiger partial charge in [0, 0.05) is 18.5 Å². The minimum absolute atomic E-state index is 0.0730. The molecule has 22 heavy (non-hydrogen) atoms. The number of nitrogens with zero attached hydrogens (tertiary/aromatic N) is 1. The molecule has 2 atom stereocenters. The Labute approximate surface area is 130 Å².